The molecule has 0 aliphatic carbocycles. The third kappa shape index (κ3) is 3.91. The molecule has 4 nitrogen and oxygen atoms in total. The van der Waals surface area contributed by atoms with Crippen molar-refractivity contribution < 1.29 is 22.7 Å². The minimum atomic E-state index is -4.61. The van der Waals surface area contributed by atoms with Crippen molar-refractivity contribution in [3.05, 3.63) is 60.4 Å². The molecule has 0 unspecified atom stereocenters. The molecule has 22 heavy (non-hydrogen) atoms. The van der Waals surface area contributed by atoms with E-state index in [9.17, 15) is 18.0 Å². The van der Waals surface area contributed by atoms with Gasteiger partial charge in [-0.2, -0.15) is 13.2 Å². The van der Waals surface area contributed by atoms with Crippen molar-refractivity contribution in [1.82, 2.24) is 0 Å². The van der Waals surface area contributed by atoms with Crippen molar-refractivity contribution in [2.24, 2.45) is 0 Å². The first-order valence-electron chi connectivity index (χ1n) is 6.05. The fourth-order valence-corrected chi connectivity index (χ4v) is 1.63. The summed E-state index contributed by atoms with van der Waals surface area (Å²) in [4.78, 5) is 12.1. The number of nitrogen functional groups attached to an aromatic ring is 1. The second-order valence-corrected chi connectivity index (χ2v) is 4.16. The number of carbonyl (C=O) groups is 1. The second kappa shape index (κ2) is 6.84. The second-order valence-electron chi connectivity index (χ2n) is 4.16. The lowest BCUT2D eigenvalue weighted by Crippen LogP contribution is -2.18. The fraction of sp³-hybridized carbons (Fsp3) is 0.133. The molecule has 0 saturated heterocycles. The zero-order valence-electron chi connectivity index (χ0n) is 11.8. The highest BCUT2D eigenvalue weighted by molar-refractivity contribution is 6.08. The monoisotopic (exact) mass is 312 g/mol. The predicted molar refractivity (Wildman–Crippen MR) is 78.9 cm³/mol. The molecule has 1 rings (SSSR count). The normalized spacial score (nSPS) is 11.7. The van der Waals surface area contributed by atoms with Crippen molar-refractivity contribution in [3.63, 3.8) is 0 Å². The van der Waals surface area contributed by atoms with Crippen LogP contribution in [0.15, 0.2) is 54.8 Å². The van der Waals surface area contributed by atoms with E-state index in [0.29, 0.717) is 0 Å². The van der Waals surface area contributed by atoms with Gasteiger partial charge in [0.1, 0.15) is 5.76 Å². The number of benzene rings is 1. The Morgan fingerprint density at radius 3 is 2.55 bits per heavy atom. The zero-order valence-corrected chi connectivity index (χ0v) is 11.8. The minimum Gasteiger partial charge on any atom is -0.497 e. The van der Waals surface area contributed by atoms with E-state index in [4.69, 9.17) is 10.5 Å². The number of hydrogen-bond acceptors (Lipinski definition) is 3. The quantitative estimate of drug-likeness (QED) is 0.378. The summed E-state index contributed by atoms with van der Waals surface area (Å²) in [6.07, 6.45) is -1.96. The third-order valence-electron chi connectivity index (χ3n) is 2.74. The molecule has 1 aromatic rings. The molecule has 118 valence electrons. The number of para-hydroxylation sites is 1. The van der Waals surface area contributed by atoms with Crippen LogP contribution >= 0.6 is 0 Å². The molecule has 0 aliphatic rings. The number of nitrogens with one attached hydrogen (secondary N) is 1. The van der Waals surface area contributed by atoms with E-state index in [-0.39, 0.29) is 17.0 Å². The summed E-state index contributed by atoms with van der Waals surface area (Å²) in [5.41, 5.74) is 3.75. The number of ether oxygens (including phenoxy) is 1. The molecular formula is C15H15F3N2O2. The summed E-state index contributed by atoms with van der Waals surface area (Å²) in [5, 5.41) is 2.30. The summed E-state index contributed by atoms with van der Waals surface area (Å²) in [5.74, 6) is -0.666. The number of methoxy groups -OCH3 is 1. The Morgan fingerprint density at radius 1 is 1.41 bits per heavy atom. The largest absolute Gasteiger partial charge is 0.497 e. The fourth-order valence-electron chi connectivity index (χ4n) is 1.63. The van der Waals surface area contributed by atoms with Gasteiger partial charge in [0.15, 0.2) is 0 Å². The average Bonchev–Trinajstić information content (AvgIpc) is 2.44. The Kier molecular flexibility index (Phi) is 5.39. The van der Waals surface area contributed by atoms with Crippen LogP contribution in [0.1, 0.15) is 5.56 Å². The Hall–Kier alpha value is -2.70. The molecule has 0 saturated carbocycles. The number of rotatable bonds is 5. The molecule has 7 heteroatoms. The lowest BCUT2D eigenvalue weighted by molar-refractivity contribution is -0.136. The molecule has 0 radical (unpaired) electrons. The first kappa shape index (κ1) is 17.4. The van der Waals surface area contributed by atoms with E-state index in [2.05, 4.69) is 18.5 Å². The lowest BCUT2D eigenvalue weighted by Gasteiger charge is -2.15. The number of halogens is 3. The number of allylic oxidation sites excluding steroid dienone is 2. The lowest BCUT2D eigenvalue weighted by atomic mass is 10.1. The molecule has 0 bridgehead atoms. The molecule has 1 amide bonds. The van der Waals surface area contributed by atoms with Crippen molar-refractivity contribution in [2.75, 3.05) is 18.2 Å². The Bertz CT molecular complexity index is 634. The number of hydrogen-bond donors (Lipinski definition) is 2. The van der Waals surface area contributed by atoms with Crippen LogP contribution in [0.25, 0.3) is 0 Å². The maximum absolute atomic E-state index is 12.8. The van der Waals surface area contributed by atoms with Gasteiger partial charge in [-0.15, -0.1) is 0 Å². The van der Waals surface area contributed by atoms with E-state index >= 15 is 0 Å². The molecule has 0 spiro atoms. The maximum Gasteiger partial charge on any atom is 0.418 e. The van der Waals surface area contributed by atoms with Gasteiger partial charge in [0, 0.05) is 0 Å². The van der Waals surface area contributed by atoms with Crippen molar-refractivity contribution >= 4 is 17.3 Å². The number of amides is 1. The van der Waals surface area contributed by atoms with Crippen LogP contribution in [0, 0.1) is 0 Å². The molecule has 1 aromatic carbocycles. The van der Waals surface area contributed by atoms with E-state index in [1.807, 2.05) is 0 Å². The molecule has 0 aliphatic heterocycles. The molecule has 0 atom stereocenters. The number of carbonyl (C=O) groups excluding carboxylic acids is 1. The SMILES string of the molecule is C=C/C=C(\C(=C)OC)C(=O)Nc1cccc(C(F)(F)F)c1N. The molecule has 0 heterocycles. The smallest absolute Gasteiger partial charge is 0.418 e. The molecule has 0 fully saturated rings. The van der Waals surface area contributed by atoms with Gasteiger partial charge in [0.2, 0.25) is 0 Å². The summed E-state index contributed by atoms with van der Waals surface area (Å²) in [6.45, 7) is 6.97. The van der Waals surface area contributed by atoms with Crippen LogP contribution in [0.2, 0.25) is 0 Å². The van der Waals surface area contributed by atoms with Crippen LogP contribution in [0.4, 0.5) is 24.5 Å². The topological polar surface area (TPSA) is 64.3 Å². The van der Waals surface area contributed by atoms with E-state index in [0.717, 1.165) is 12.1 Å². The minimum absolute atomic E-state index is 0.0225. The predicted octanol–water partition coefficient (Wildman–Crippen LogP) is 3.50. The van der Waals surface area contributed by atoms with E-state index in [1.165, 1.54) is 25.3 Å². The van der Waals surface area contributed by atoms with Crippen LogP contribution in [0.3, 0.4) is 0 Å². The van der Waals surface area contributed by atoms with Gasteiger partial charge in [-0.25, -0.2) is 0 Å². The van der Waals surface area contributed by atoms with Crippen molar-refractivity contribution in [1.29, 1.82) is 0 Å². The van der Waals surface area contributed by atoms with Crippen LogP contribution < -0.4 is 11.1 Å². The van der Waals surface area contributed by atoms with Crippen LogP contribution in [-0.2, 0) is 15.7 Å². The van der Waals surface area contributed by atoms with Crippen LogP contribution in [-0.4, -0.2) is 13.0 Å². The molecule has 0 aromatic heterocycles. The maximum atomic E-state index is 12.8. The Morgan fingerprint density at radius 2 is 2.05 bits per heavy atom. The average molecular weight is 312 g/mol. The van der Waals surface area contributed by atoms with Gasteiger partial charge in [-0.3, -0.25) is 4.79 Å². The molecule has 3 N–H and O–H groups in total. The molecular weight excluding hydrogens is 297 g/mol. The van der Waals surface area contributed by atoms with Gasteiger partial charge < -0.3 is 15.8 Å². The highest BCUT2D eigenvalue weighted by Crippen LogP contribution is 2.37. The third-order valence-corrected chi connectivity index (χ3v) is 2.74. The van der Waals surface area contributed by atoms with Gasteiger partial charge >= 0.3 is 6.18 Å². The van der Waals surface area contributed by atoms with Crippen molar-refractivity contribution in [2.45, 2.75) is 6.18 Å². The highest BCUT2D eigenvalue weighted by Gasteiger charge is 2.33. The van der Waals surface area contributed by atoms with Gasteiger partial charge in [0.05, 0.1) is 29.6 Å². The Labute approximate surface area is 125 Å². The van der Waals surface area contributed by atoms with Gasteiger partial charge in [0.25, 0.3) is 5.91 Å². The summed E-state index contributed by atoms with van der Waals surface area (Å²) in [7, 11) is 1.31. The zero-order chi connectivity index (χ0) is 16.9. The summed E-state index contributed by atoms with van der Waals surface area (Å²) < 4.78 is 43.2. The highest BCUT2D eigenvalue weighted by atomic mass is 19.4. The summed E-state index contributed by atoms with van der Waals surface area (Å²) >= 11 is 0. The summed E-state index contributed by atoms with van der Waals surface area (Å²) in [6, 6.07) is 3.25. The van der Waals surface area contributed by atoms with Gasteiger partial charge in [-0.05, 0) is 18.2 Å². The standard InChI is InChI=1S/C15H15F3N2O2/c1-4-6-10(9(2)22-3)14(21)20-12-8-5-7-11(13(12)19)15(16,17)18/h4-8H,1-2,19H2,3H3,(H,20,21)/b10-6+. The van der Waals surface area contributed by atoms with E-state index < -0.39 is 23.3 Å². The van der Waals surface area contributed by atoms with Crippen molar-refractivity contribution in [3.8, 4) is 0 Å². The first-order valence-corrected chi connectivity index (χ1v) is 6.05. The number of nitrogens with two attached hydrogens (primary N) is 1. The van der Waals surface area contributed by atoms with Gasteiger partial charge in [-0.1, -0.05) is 25.3 Å². The number of anilines is 2. The van der Waals surface area contributed by atoms with Crippen LogP contribution in [0.5, 0.6) is 0 Å². The number of alkyl halides is 3. The first-order chi connectivity index (χ1) is 10.2. The Balaban J connectivity index is 3.15. The van der Waals surface area contributed by atoms with E-state index in [1.54, 1.807) is 0 Å².